The zero-order valence-corrected chi connectivity index (χ0v) is 19.8. The molecule has 0 bridgehead atoms. The number of likely N-dealkylation sites (tertiary alicyclic amines) is 1. The van der Waals surface area contributed by atoms with Crippen LogP contribution in [0.15, 0.2) is 18.5 Å². The Bertz CT molecular complexity index is 1010. The van der Waals surface area contributed by atoms with Gasteiger partial charge in [-0.25, -0.2) is 19.7 Å². The Kier molecular flexibility index (Phi) is 6.71. The number of anilines is 3. The Balaban J connectivity index is 1.61. The molecule has 2 saturated heterocycles. The quantitative estimate of drug-likeness (QED) is 0.574. The van der Waals surface area contributed by atoms with Crippen molar-refractivity contribution in [2.24, 2.45) is 0 Å². The first-order valence-electron chi connectivity index (χ1n) is 11.3. The highest BCUT2D eigenvalue weighted by atomic mass is 16.6. The third kappa shape index (κ3) is 5.62. The van der Waals surface area contributed by atoms with E-state index in [1.54, 1.807) is 23.4 Å². The maximum absolute atomic E-state index is 12.6. The summed E-state index contributed by atoms with van der Waals surface area (Å²) < 4.78 is 11.0. The molecule has 2 aliphatic heterocycles. The number of aliphatic hydroxyl groups is 1. The van der Waals surface area contributed by atoms with E-state index in [9.17, 15) is 9.90 Å². The van der Waals surface area contributed by atoms with E-state index in [1.807, 2.05) is 25.7 Å². The SMILES string of the molecule is CC(C)(C)OC(=O)N1CC[C@](CO)(Nc2cc(-c3cnc(N)nc3)nc(N3CCOCC3)n2)C1. The van der Waals surface area contributed by atoms with Gasteiger partial charge in [0, 0.05) is 50.2 Å². The third-order valence-corrected chi connectivity index (χ3v) is 5.68. The van der Waals surface area contributed by atoms with Crippen LogP contribution in [0.3, 0.4) is 0 Å². The molecule has 0 unspecified atom stereocenters. The van der Waals surface area contributed by atoms with Crippen molar-refractivity contribution in [1.29, 1.82) is 0 Å². The van der Waals surface area contributed by atoms with Crippen molar-refractivity contribution in [3.8, 4) is 11.3 Å². The molecule has 2 aromatic rings. The lowest BCUT2D eigenvalue weighted by Crippen LogP contribution is -2.46. The number of amides is 1. The molecule has 1 amide bonds. The summed E-state index contributed by atoms with van der Waals surface area (Å²) in [5.41, 5.74) is 5.60. The van der Waals surface area contributed by atoms with Gasteiger partial charge in [0.05, 0.1) is 31.1 Å². The summed E-state index contributed by atoms with van der Waals surface area (Å²) in [6.07, 6.45) is 3.36. The number of morpholine rings is 1. The lowest BCUT2D eigenvalue weighted by molar-refractivity contribution is 0.0281. The lowest BCUT2D eigenvalue weighted by Gasteiger charge is -2.31. The van der Waals surface area contributed by atoms with Gasteiger partial charge < -0.3 is 35.4 Å². The molecule has 12 nitrogen and oxygen atoms in total. The Morgan fingerprint density at radius 1 is 1.24 bits per heavy atom. The summed E-state index contributed by atoms with van der Waals surface area (Å²) in [5, 5.41) is 13.7. The van der Waals surface area contributed by atoms with E-state index in [0.717, 1.165) is 0 Å². The molecule has 4 N–H and O–H groups in total. The molecule has 0 radical (unpaired) electrons. The topological polar surface area (TPSA) is 152 Å². The van der Waals surface area contributed by atoms with Gasteiger partial charge in [-0.05, 0) is 27.2 Å². The summed E-state index contributed by atoms with van der Waals surface area (Å²) in [4.78, 5) is 33.8. The van der Waals surface area contributed by atoms with Gasteiger partial charge in [-0.3, -0.25) is 0 Å². The minimum atomic E-state index is -0.761. The van der Waals surface area contributed by atoms with E-state index < -0.39 is 17.2 Å². The summed E-state index contributed by atoms with van der Waals surface area (Å²) in [6, 6.07) is 1.78. The number of hydrogen-bond acceptors (Lipinski definition) is 11. The average molecular weight is 473 g/mol. The van der Waals surface area contributed by atoms with E-state index in [2.05, 4.69) is 15.3 Å². The molecule has 0 saturated carbocycles. The van der Waals surface area contributed by atoms with Crippen LogP contribution in [0.4, 0.5) is 22.5 Å². The Morgan fingerprint density at radius 3 is 2.59 bits per heavy atom. The number of nitrogen functional groups attached to an aromatic ring is 1. The maximum Gasteiger partial charge on any atom is 0.410 e. The van der Waals surface area contributed by atoms with Gasteiger partial charge in [0.2, 0.25) is 11.9 Å². The minimum Gasteiger partial charge on any atom is -0.444 e. The van der Waals surface area contributed by atoms with Crippen LogP contribution in [0, 0.1) is 0 Å². The third-order valence-electron chi connectivity index (χ3n) is 5.68. The van der Waals surface area contributed by atoms with E-state index in [-0.39, 0.29) is 19.1 Å². The van der Waals surface area contributed by atoms with Gasteiger partial charge in [-0.15, -0.1) is 0 Å². The van der Waals surface area contributed by atoms with Crippen LogP contribution in [-0.4, -0.2) is 93.2 Å². The zero-order valence-electron chi connectivity index (χ0n) is 19.8. The van der Waals surface area contributed by atoms with Crippen LogP contribution in [-0.2, 0) is 9.47 Å². The molecule has 4 heterocycles. The molecule has 0 aliphatic carbocycles. The van der Waals surface area contributed by atoms with Crippen LogP contribution < -0.4 is 16.0 Å². The number of ether oxygens (including phenoxy) is 2. The highest BCUT2D eigenvalue weighted by Gasteiger charge is 2.41. The predicted octanol–water partition coefficient (Wildman–Crippen LogP) is 1.14. The van der Waals surface area contributed by atoms with Gasteiger partial charge >= 0.3 is 6.09 Å². The number of hydrogen-bond donors (Lipinski definition) is 3. The van der Waals surface area contributed by atoms with E-state index in [0.29, 0.717) is 62.3 Å². The van der Waals surface area contributed by atoms with E-state index in [4.69, 9.17) is 25.2 Å². The normalized spacial score (nSPS) is 20.9. The fourth-order valence-corrected chi connectivity index (χ4v) is 3.92. The molecule has 0 spiro atoms. The van der Waals surface area contributed by atoms with Crippen molar-refractivity contribution in [2.45, 2.75) is 38.3 Å². The van der Waals surface area contributed by atoms with Crippen LogP contribution >= 0.6 is 0 Å². The number of rotatable bonds is 5. The second-order valence-electron chi connectivity index (χ2n) is 9.58. The Labute approximate surface area is 198 Å². The molecule has 2 aromatic heterocycles. The zero-order chi connectivity index (χ0) is 24.3. The molecule has 4 rings (SSSR count). The first-order valence-corrected chi connectivity index (χ1v) is 11.3. The molecular formula is C22H32N8O4. The van der Waals surface area contributed by atoms with Crippen molar-refractivity contribution in [3.63, 3.8) is 0 Å². The summed E-state index contributed by atoms with van der Waals surface area (Å²) in [7, 11) is 0. The standard InChI is InChI=1S/C22H32N8O4/c1-21(2,3)34-20(32)30-5-4-22(13-30,14-31)28-17-10-16(15-11-24-18(23)25-12-15)26-19(27-17)29-6-8-33-9-7-29/h10-12,31H,4-9,13-14H2,1-3H3,(H2,23,24,25)(H,26,27,28)/t22-/m0/s1. The fourth-order valence-electron chi connectivity index (χ4n) is 3.92. The monoisotopic (exact) mass is 472 g/mol. The van der Waals surface area contributed by atoms with Crippen LogP contribution in [0.5, 0.6) is 0 Å². The maximum atomic E-state index is 12.6. The smallest absolute Gasteiger partial charge is 0.410 e. The highest BCUT2D eigenvalue weighted by molar-refractivity contribution is 5.69. The largest absolute Gasteiger partial charge is 0.444 e. The van der Waals surface area contributed by atoms with Crippen molar-refractivity contribution in [2.75, 3.05) is 62.0 Å². The van der Waals surface area contributed by atoms with Crippen molar-refractivity contribution >= 4 is 23.8 Å². The Morgan fingerprint density at radius 2 is 1.94 bits per heavy atom. The number of aromatic nitrogens is 4. The van der Waals surface area contributed by atoms with Gasteiger partial charge in [0.1, 0.15) is 11.4 Å². The lowest BCUT2D eigenvalue weighted by atomic mass is 10.00. The molecule has 184 valence electrons. The van der Waals surface area contributed by atoms with Gasteiger partial charge in [0.15, 0.2) is 0 Å². The second-order valence-corrected chi connectivity index (χ2v) is 9.58. The molecule has 1 atom stereocenters. The molecule has 12 heteroatoms. The van der Waals surface area contributed by atoms with Crippen LogP contribution in [0.1, 0.15) is 27.2 Å². The van der Waals surface area contributed by atoms with Crippen LogP contribution in [0.25, 0.3) is 11.3 Å². The molecule has 2 fully saturated rings. The summed E-state index contributed by atoms with van der Waals surface area (Å²) in [6.45, 7) is 8.57. The summed E-state index contributed by atoms with van der Waals surface area (Å²) >= 11 is 0. The number of carbonyl (C=O) groups is 1. The molecule has 2 aliphatic rings. The molecule has 0 aromatic carbocycles. The minimum absolute atomic E-state index is 0.177. The van der Waals surface area contributed by atoms with Gasteiger partial charge in [0.25, 0.3) is 0 Å². The summed E-state index contributed by atoms with van der Waals surface area (Å²) in [5.74, 6) is 1.25. The van der Waals surface area contributed by atoms with Gasteiger partial charge in [-0.1, -0.05) is 0 Å². The highest BCUT2D eigenvalue weighted by Crippen LogP contribution is 2.29. The first-order chi connectivity index (χ1) is 16.2. The number of nitrogens with two attached hydrogens (primary N) is 1. The average Bonchev–Trinajstić information content (AvgIpc) is 3.23. The number of nitrogens with zero attached hydrogens (tertiary/aromatic N) is 6. The number of nitrogens with one attached hydrogen (secondary N) is 1. The number of carbonyl (C=O) groups excluding carboxylic acids is 1. The predicted molar refractivity (Wildman–Crippen MR) is 126 cm³/mol. The molecule has 34 heavy (non-hydrogen) atoms. The number of aliphatic hydroxyl groups excluding tert-OH is 1. The van der Waals surface area contributed by atoms with E-state index in [1.165, 1.54) is 0 Å². The van der Waals surface area contributed by atoms with Crippen LogP contribution in [0.2, 0.25) is 0 Å². The second kappa shape index (κ2) is 9.55. The van der Waals surface area contributed by atoms with Crippen molar-refractivity contribution < 1.29 is 19.4 Å². The van der Waals surface area contributed by atoms with Gasteiger partial charge in [-0.2, -0.15) is 4.98 Å². The molecular weight excluding hydrogens is 440 g/mol. The van der Waals surface area contributed by atoms with E-state index >= 15 is 0 Å². The first kappa shape index (κ1) is 23.9. The fraction of sp³-hybridized carbons (Fsp3) is 0.591. The van der Waals surface area contributed by atoms with Crippen molar-refractivity contribution in [3.05, 3.63) is 18.5 Å². The van der Waals surface area contributed by atoms with Crippen molar-refractivity contribution in [1.82, 2.24) is 24.8 Å². The Hall–Kier alpha value is -3.25.